The highest BCUT2D eigenvalue weighted by molar-refractivity contribution is 5.78. The van der Waals surface area contributed by atoms with Gasteiger partial charge in [0.05, 0.1) is 6.54 Å². The van der Waals surface area contributed by atoms with Crippen molar-refractivity contribution in [2.75, 3.05) is 19.6 Å². The van der Waals surface area contributed by atoms with Crippen molar-refractivity contribution >= 4 is 5.96 Å². The summed E-state index contributed by atoms with van der Waals surface area (Å²) in [4.78, 5) is 6.88. The molecule has 1 saturated heterocycles. The van der Waals surface area contributed by atoms with Crippen LogP contribution < -0.4 is 11.1 Å². The summed E-state index contributed by atoms with van der Waals surface area (Å²) in [5.74, 6) is 0.554. The molecule has 1 rings (SSSR count). The van der Waals surface area contributed by atoms with Gasteiger partial charge in [-0.05, 0) is 53.6 Å². The molecule has 1 atom stereocenters. The Hall–Kier alpha value is -0.770. The highest BCUT2D eigenvalue weighted by Gasteiger charge is 2.17. The van der Waals surface area contributed by atoms with Crippen molar-refractivity contribution in [3.63, 3.8) is 0 Å². The number of nitrogens with two attached hydrogens (primary N) is 1. The molecule has 0 bridgehead atoms. The average Bonchev–Trinajstić information content (AvgIpc) is 2.64. The number of aliphatic imine (C=N–C) groups is 1. The average molecular weight is 226 g/mol. The van der Waals surface area contributed by atoms with Gasteiger partial charge < -0.3 is 11.1 Å². The van der Waals surface area contributed by atoms with E-state index >= 15 is 0 Å². The van der Waals surface area contributed by atoms with Gasteiger partial charge in [-0.2, -0.15) is 0 Å². The maximum Gasteiger partial charge on any atom is 0.189 e. The lowest BCUT2D eigenvalue weighted by Crippen LogP contribution is -2.45. The normalized spacial score (nSPS) is 21.1. The van der Waals surface area contributed by atoms with E-state index in [-0.39, 0.29) is 5.54 Å². The molecule has 1 aliphatic rings. The van der Waals surface area contributed by atoms with Crippen LogP contribution in [0.5, 0.6) is 0 Å². The maximum atomic E-state index is 5.83. The van der Waals surface area contributed by atoms with Gasteiger partial charge in [0.15, 0.2) is 5.96 Å². The summed E-state index contributed by atoms with van der Waals surface area (Å²) in [5.41, 5.74) is 5.82. The van der Waals surface area contributed by atoms with Crippen LogP contribution in [-0.2, 0) is 0 Å². The van der Waals surface area contributed by atoms with E-state index in [2.05, 4.69) is 42.9 Å². The molecule has 4 heteroatoms. The lowest BCUT2D eigenvalue weighted by molar-refractivity contribution is 0.265. The molecule has 94 valence electrons. The fourth-order valence-electron chi connectivity index (χ4n) is 1.95. The molecule has 0 aromatic carbocycles. The Bertz CT molecular complexity index is 236. The van der Waals surface area contributed by atoms with E-state index in [4.69, 9.17) is 5.73 Å². The van der Waals surface area contributed by atoms with Gasteiger partial charge in [-0.25, -0.2) is 0 Å². The van der Waals surface area contributed by atoms with Crippen molar-refractivity contribution in [3.05, 3.63) is 0 Å². The van der Waals surface area contributed by atoms with Crippen LogP contribution in [0.15, 0.2) is 4.99 Å². The summed E-state index contributed by atoms with van der Waals surface area (Å²) < 4.78 is 0. The van der Waals surface area contributed by atoms with Crippen LogP contribution >= 0.6 is 0 Å². The van der Waals surface area contributed by atoms with E-state index in [1.165, 1.54) is 25.9 Å². The van der Waals surface area contributed by atoms with Crippen LogP contribution in [0.3, 0.4) is 0 Å². The second-order valence-corrected chi connectivity index (χ2v) is 5.69. The quantitative estimate of drug-likeness (QED) is 0.561. The monoisotopic (exact) mass is 226 g/mol. The van der Waals surface area contributed by atoms with Crippen LogP contribution in [0, 0.1) is 0 Å². The zero-order valence-electron chi connectivity index (χ0n) is 11.1. The largest absolute Gasteiger partial charge is 0.370 e. The molecule has 0 amide bonds. The highest BCUT2D eigenvalue weighted by Crippen LogP contribution is 2.11. The molecular formula is C12H26N4. The number of hydrogen-bond acceptors (Lipinski definition) is 2. The Morgan fingerprint density at radius 3 is 2.44 bits per heavy atom. The molecule has 16 heavy (non-hydrogen) atoms. The van der Waals surface area contributed by atoms with Gasteiger partial charge in [0.2, 0.25) is 0 Å². The third kappa shape index (κ3) is 4.84. The molecule has 1 aliphatic heterocycles. The van der Waals surface area contributed by atoms with Gasteiger partial charge in [0, 0.05) is 11.6 Å². The minimum Gasteiger partial charge on any atom is -0.370 e. The molecule has 4 nitrogen and oxygen atoms in total. The van der Waals surface area contributed by atoms with E-state index < -0.39 is 0 Å². The second-order valence-electron chi connectivity index (χ2n) is 5.69. The first-order chi connectivity index (χ1) is 7.38. The maximum absolute atomic E-state index is 5.83. The molecule has 3 N–H and O–H groups in total. The van der Waals surface area contributed by atoms with Crippen molar-refractivity contribution in [2.24, 2.45) is 10.7 Å². The Morgan fingerprint density at radius 1 is 1.38 bits per heavy atom. The smallest absolute Gasteiger partial charge is 0.189 e. The van der Waals surface area contributed by atoms with E-state index in [1.807, 2.05) is 0 Å². The molecule has 1 unspecified atom stereocenters. The SMILES string of the molecule is CC(CN=C(N)NC(C)(C)C)N1CCCC1. The molecule has 0 aromatic rings. The zero-order valence-corrected chi connectivity index (χ0v) is 11.1. The molecule has 1 fully saturated rings. The lowest BCUT2D eigenvalue weighted by atomic mass is 10.1. The van der Waals surface area contributed by atoms with Gasteiger partial charge in [-0.15, -0.1) is 0 Å². The first-order valence-electron chi connectivity index (χ1n) is 6.20. The Kier molecular flexibility index (Phi) is 4.59. The van der Waals surface area contributed by atoms with Crippen molar-refractivity contribution in [1.29, 1.82) is 0 Å². The van der Waals surface area contributed by atoms with Crippen molar-refractivity contribution in [2.45, 2.75) is 52.1 Å². The molecule has 0 aromatic heterocycles. The number of rotatable bonds is 3. The first-order valence-corrected chi connectivity index (χ1v) is 6.20. The van der Waals surface area contributed by atoms with E-state index in [0.29, 0.717) is 12.0 Å². The highest BCUT2D eigenvalue weighted by atomic mass is 15.2. The standard InChI is InChI=1S/C12H26N4/c1-10(16-7-5-6-8-16)9-14-11(13)15-12(2,3)4/h10H,5-9H2,1-4H3,(H3,13,14,15). The van der Waals surface area contributed by atoms with Crippen LogP contribution in [0.2, 0.25) is 0 Å². The Morgan fingerprint density at radius 2 is 1.94 bits per heavy atom. The van der Waals surface area contributed by atoms with Gasteiger partial charge in [-0.1, -0.05) is 0 Å². The minimum atomic E-state index is -0.00946. The molecule has 0 saturated carbocycles. The summed E-state index contributed by atoms with van der Waals surface area (Å²) in [6, 6.07) is 0.503. The Balaban J connectivity index is 2.33. The molecule has 1 heterocycles. The lowest BCUT2D eigenvalue weighted by Gasteiger charge is -2.24. The van der Waals surface area contributed by atoms with Gasteiger partial charge in [-0.3, -0.25) is 9.89 Å². The second kappa shape index (κ2) is 5.53. The number of likely N-dealkylation sites (tertiary alicyclic amines) is 1. The molecule has 0 aliphatic carbocycles. The number of guanidine groups is 1. The van der Waals surface area contributed by atoms with Crippen molar-refractivity contribution in [3.8, 4) is 0 Å². The van der Waals surface area contributed by atoms with Crippen LogP contribution in [0.4, 0.5) is 0 Å². The fourth-order valence-corrected chi connectivity index (χ4v) is 1.95. The van der Waals surface area contributed by atoms with Crippen LogP contribution in [0.1, 0.15) is 40.5 Å². The summed E-state index contributed by atoms with van der Waals surface area (Å²) in [6.07, 6.45) is 2.65. The summed E-state index contributed by atoms with van der Waals surface area (Å²) >= 11 is 0. The van der Waals surface area contributed by atoms with Crippen molar-refractivity contribution < 1.29 is 0 Å². The molecular weight excluding hydrogens is 200 g/mol. The summed E-state index contributed by atoms with van der Waals surface area (Å²) in [5, 5.41) is 3.17. The Labute approximate surface area is 99.3 Å². The van der Waals surface area contributed by atoms with Gasteiger partial charge >= 0.3 is 0 Å². The predicted octanol–water partition coefficient (Wildman–Crippen LogP) is 1.17. The summed E-state index contributed by atoms with van der Waals surface area (Å²) in [7, 11) is 0. The molecule has 0 radical (unpaired) electrons. The van der Waals surface area contributed by atoms with E-state index in [0.717, 1.165) is 6.54 Å². The summed E-state index contributed by atoms with van der Waals surface area (Å²) in [6.45, 7) is 11.7. The number of nitrogens with one attached hydrogen (secondary N) is 1. The van der Waals surface area contributed by atoms with Gasteiger partial charge in [0.25, 0.3) is 0 Å². The third-order valence-corrected chi connectivity index (χ3v) is 2.79. The van der Waals surface area contributed by atoms with E-state index in [9.17, 15) is 0 Å². The van der Waals surface area contributed by atoms with Crippen LogP contribution in [-0.4, -0.2) is 42.1 Å². The topological polar surface area (TPSA) is 53.6 Å². The zero-order chi connectivity index (χ0) is 12.2. The third-order valence-electron chi connectivity index (χ3n) is 2.79. The molecule has 0 spiro atoms. The minimum absolute atomic E-state index is 0.00946. The van der Waals surface area contributed by atoms with E-state index in [1.54, 1.807) is 0 Å². The predicted molar refractivity (Wildman–Crippen MR) is 69.6 cm³/mol. The number of nitrogens with zero attached hydrogens (tertiary/aromatic N) is 2. The number of hydrogen-bond donors (Lipinski definition) is 2. The first kappa shape index (κ1) is 13.3. The van der Waals surface area contributed by atoms with Crippen LogP contribution in [0.25, 0.3) is 0 Å². The van der Waals surface area contributed by atoms with Gasteiger partial charge in [0.1, 0.15) is 0 Å². The van der Waals surface area contributed by atoms with Crippen molar-refractivity contribution in [1.82, 2.24) is 10.2 Å². The fraction of sp³-hybridized carbons (Fsp3) is 0.917.